The molecule has 0 radical (unpaired) electrons. The molecule has 3 nitrogen and oxygen atoms in total. The summed E-state index contributed by atoms with van der Waals surface area (Å²) in [7, 11) is 1.89. The van der Waals surface area contributed by atoms with Crippen LogP contribution in [-0.2, 0) is 0 Å². The molecule has 0 aliphatic rings. The largest absolute Gasteiger partial charge is 0.438 e. The van der Waals surface area contributed by atoms with Gasteiger partial charge in [0.25, 0.3) is 0 Å². The predicted molar refractivity (Wildman–Crippen MR) is 52.2 cm³/mol. The first kappa shape index (κ1) is 9.58. The van der Waals surface area contributed by atoms with Crippen LogP contribution in [0.2, 0.25) is 0 Å². The third-order valence-corrected chi connectivity index (χ3v) is 1.61. The molecule has 3 heteroatoms. The first-order chi connectivity index (χ1) is 6.13. The number of anilines is 1. The zero-order valence-corrected chi connectivity index (χ0v) is 7.91. The molecule has 0 amide bonds. The Morgan fingerprint density at radius 3 is 2.85 bits per heavy atom. The molecular formula is C10H13NO2. The average molecular weight is 179 g/mol. The van der Waals surface area contributed by atoms with Crippen molar-refractivity contribution in [3.63, 3.8) is 0 Å². The van der Waals surface area contributed by atoms with Crippen molar-refractivity contribution in [2.24, 2.45) is 0 Å². The van der Waals surface area contributed by atoms with Crippen LogP contribution in [0.1, 0.15) is 17.5 Å². The maximum Gasteiger partial charge on any atom is 0.196 e. The number of likely N-dealkylation sites (N-methyl/N-ethyl adjacent to an activating group) is 1. The van der Waals surface area contributed by atoms with E-state index >= 15 is 0 Å². The second-order valence-electron chi connectivity index (χ2n) is 3.11. The molecule has 1 aromatic rings. The van der Waals surface area contributed by atoms with Gasteiger partial charge in [0, 0.05) is 19.7 Å². The Morgan fingerprint density at radius 2 is 2.38 bits per heavy atom. The van der Waals surface area contributed by atoms with E-state index in [0.29, 0.717) is 17.9 Å². The van der Waals surface area contributed by atoms with Gasteiger partial charge in [-0.1, -0.05) is 12.2 Å². The Morgan fingerprint density at radius 1 is 1.69 bits per heavy atom. The van der Waals surface area contributed by atoms with E-state index in [-0.39, 0.29) is 0 Å². The van der Waals surface area contributed by atoms with Crippen LogP contribution in [-0.4, -0.2) is 19.9 Å². The fraction of sp³-hybridized carbons (Fsp3) is 0.300. The number of carbonyl (C=O) groups excluding carboxylic acids is 1. The Bertz CT molecular complexity index is 314. The lowest BCUT2D eigenvalue weighted by Crippen LogP contribution is -2.18. The van der Waals surface area contributed by atoms with Crippen LogP contribution in [0, 0.1) is 0 Å². The highest BCUT2D eigenvalue weighted by Crippen LogP contribution is 2.16. The van der Waals surface area contributed by atoms with E-state index in [1.807, 2.05) is 18.9 Å². The zero-order chi connectivity index (χ0) is 9.84. The van der Waals surface area contributed by atoms with Crippen LogP contribution in [0.25, 0.3) is 0 Å². The fourth-order valence-electron chi connectivity index (χ4n) is 1.09. The van der Waals surface area contributed by atoms with Crippen LogP contribution in [0.15, 0.2) is 28.7 Å². The molecule has 0 aliphatic carbocycles. The van der Waals surface area contributed by atoms with Crippen molar-refractivity contribution in [3.8, 4) is 0 Å². The fourth-order valence-corrected chi connectivity index (χ4v) is 1.09. The van der Waals surface area contributed by atoms with Crippen LogP contribution < -0.4 is 4.90 Å². The van der Waals surface area contributed by atoms with Crippen LogP contribution in [0.4, 0.5) is 5.88 Å². The highest BCUT2D eigenvalue weighted by Gasteiger charge is 2.05. The van der Waals surface area contributed by atoms with Gasteiger partial charge in [-0.2, -0.15) is 0 Å². The van der Waals surface area contributed by atoms with Crippen molar-refractivity contribution in [2.45, 2.75) is 6.92 Å². The first-order valence-electron chi connectivity index (χ1n) is 4.04. The van der Waals surface area contributed by atoms with Crippen LogP contribution in [0.5, 0.6) is 0 Å². The van der Waals surface area contributed by atoms with Gasteiger partial charge in [-0.15, -0.1) is 0 Å². The number of hydrogen-bond donors (Lipinski definition) is 0. The molecule has 0 unspecified atom stereocenters. The lowest BCUT2D eigenvalue weighted by Gasteiger charge is -2.15. The lowest BCUT2D eigenvalue weighted by atomic mass is 10.3. The topological polar surface area (TPSA) is 33.5 Å². The van der Waals surface area contributed by atoms with Crippen molar-refractivity contribution in [1.29, 1.82) is 0 Å². The summed E-state index contributed by atoms with van der Waals surface area (Å²) in [6, 6.07) is 3.42. The van der Waals surface area contributed by atoms with Crippen molar-refractivity contribution in [2.75, 3.05) is 18.5 Å². The van der Waals surface area contributed by atoms with Gasteiger partial charge in [-0.3, -0.25) is 4.79 Å². The summed E-state index contributed by atoms with van der Waals surface area (Å²) in [5, 5.41) is 0. The minimum absolute atomic E-state index is 0.351. The molecule has 0 saturated carbocycles. The van der Waals surface area contributed by atoms with Crippen LogP contribution >= 0.6 is 0 Å². The molecule has 1 heterocycles. The molecule has 0 spiro atoms. The Labute approximate surface area is 77.6 Å². The molecular weight excluding hydrogens is 166 g/mol. The standard InChI is InChI=1S/C10H13NO2/c1-8(2)6-11(3)10-5-4-9(7-12)13-10/h4-5,7H,1,6H2,2-3H3. The molecule has 0 saturated heterocycles. The molecule has 0 aliphatic heterocycles. The average Bonchev–Trinajstić information content (AvgIpc) is 2.50. The minimum atomic E-state index is 0.351. The van der Waals surface area contributed by atoms with E-state index in [0.717, 1.165) is 12.1 Å². The highest BCUT2D eigenvalue weighted by molar-refractivity contribution is 5.71. The summed E-state index contributed by atoms with van der Waals surface area (Å²) in [5.74, 6) is 1.04. The summed E-state index contributed by atoms with van der Waals surface area (Å²) < 4.78 is 5.21. The van der Waals surface area contributed by atoms with E-state index in [9.17, 15) is 4.79 Å². The number of nitrogens with zero attached hydrogens (tertiary/aromatic N) is 1. The molecule has 1 rings (SSSR count). The number of aldehydes is 1. The molecule has 0 atom stereocenters. The van der Waals surface area contributed by atoms with Crippen molar-refractivity contribution in [3.05, 3.63) is 30.0 Å². The molecule has 0 aromatic carbocycles. The molecule has 0 bridgehead atoms. The second-order valence-corrected chi connectivity index (χ2v) is 3.11. The Hall–Kier alpha value is -1.51. The van der Waals surface area contributed by atoms with E-state index in [4.69, 9.17) is 4.42 Å². The lowest BCUT2D eigenvalue weighted by molar-refractivity contribution is 0.110. The molecule has 13 heavy (non-hydrogen) atoms. The maximum absolute atomic E-state index is 10.3. The van der Waals surface area contributed by atoms with Gasteiger partial charge in [0.05, 0.1) is 0 Å². The van der Waals surface area contributed by atoms with Gasteiger partial charge in [-0.25, -0.2) is 0 Å². The van der Waals surface area contributed by atoms with Gasteiger partial charge in [0.15, 0.2) is 17.9 Å². The van der Waals surface area contributed by atoms with Gasteiger partial charge < -0.3 is 9.32 Å². The quantitative estimate of drug-likeness (QED) is 0.524. The highest BCUT2D eigenvalue weighted by atomic mass is 16.4. The van der Waals surface area contributed by atoms with Crippen LogP contribution in [0.3, 0.4) is 0 Å². The van der Waals surface area contributed by atoms with Gasteiger partial charge >= 0.3 is 0 Å². The van der Waals surface area contributed by atoms with E-state index in [2.05, 4.69) is 6.58 Å². The molecule has 1 aromatic heterocycles. The van der Waals surface area contributed by atoms with E-state index < -0.39 is 0 Å². The normalized spacial score (nSPS) is 9.69. The zero-order valence-electron chi connectivity index (χ0n) is 7.91. The van der Waals surface area contributed by atoms with Gasteiger partial charge in [0.2, 0.25) is 0 Å². The van der Waals surface area contributed by atoms with Gasteiger partial charge in [0.1, 0.15) is 0 Å². The summed E-state index contributed by atoms with van der Waals surface area (Å²) in [6.45, 7) is 6.47. The third-order valence-electron chi connectivity index (χ3n) is 1.61. The molecule has 70 valence electrons. The predicted octanol–water partition coefficient (Wildman–Crippen LogP) is 2.10. The van der Waals surface area contributed by atoms with Crippen molar-refractivity contribution < 1.29 is 9.21 Å². The number of hydrogen-bond acceptors (Lipinski definition) is 3. The van der Waals surface area contributed by atoms with E-state index in [1.54, 1.807) is 12.1 Å². The number of carbonyl (C=O) groups is 1. The van der Waals surface area contributed by atoms with Gasteiger partial charge in [-0.05, 0) is 13.0 Å². The molecule has 0 fully saturated rings. The Kier molecular flexibility index (Phi) is 2.90. The summed E-state index contributed by atoms with van der Waals surface area (Å²) >= 11 is 0. The SMILES string of the molecule is C=C(C)CN(C)c1ccc(C=O)o1. The smallest absolute Gasteiger partial charge is 0.196 e. The number of rotatable bonds is 4. The maximum atomic E-state index is 10.3. The Balaban J connectivity index is 2.70. The summed E-state index contributed by atoms with van der Waals surface area (Å²) in [5.41, 5.74) is 1.05. The van der Waals surface area contributed by atoms with Crippen molar-refractivity contribution >= 4 is 12.2 Å². The summed E-state index contributed by atoms with van der Waals surface area (Å²) in [6.07, 6.45) is 0.693. The monoisotopic (exact) mass is 179 g/mol. The third kappa shape index (κ3) is 2.47. The van der Waals surface area contributed by atoms with Crippen molar-refractivity contribution in [1.82, 2.24) is 0 Å². The second kappa shape index (κ2) is 3.94. The summed E-state index contributed by atoms with van der Waals surface area (Å²) in [4.78, 5) is 12.2. The minimum Gasteiger partial charge on any atom is -0.438 e. The molecule has 0 N–H and O–H groups in total. The van der Waals surface area contributed by atoms with E-state index in [1.165, 1.54) is 0 Å². The first-order valence-corrected chi connectivity index (χ1v) is 4.04. The number of furan rings is 1.